The number of anilines is 2. The number of benzene rings is 1. The van der Waals surface area contributed by atoms with E-state index in [9.17, 15) is 14.0 Å². The van der Waals surface area contributed by atoms with Gasteiger partial charge in [-0.05, 0) is 105 Å². The topological polar surface area (TPSA) is 107 Å². The summed E-state index contributed by atoms with van der Waals surface area (Å²) >= 11 is 2.28. The molecule has 2 aromatic heterocycles. The summed E-state index contributed by atoms with van der Waals surface area (Å²) in [5, 5.41) is 10.3. The monoisotopic (exact) mass is 723 g/mol. The van der Waals surface area contributed by atoms with E-state index in [-0.39, 0.29) is 23.8 Å². The van der Waals surface area contributed by atoms with Crippen molar-refractivity contribution >= 4 is 65.1 Å². The zero-order valence-corrected chi connectivity index (χ0v) is 29.0. The van der Waals surface area contributed by atoms with E-state index in [4.69, 9.17) is 14.5 Å². The van der Waals surface area contributed by atoms with Gasteiger partial charge in [-0.1, -0.05) is 19.6 Å². The predicted octanol–water partition coefficient (Wildman–Crippen LogP) is 7.59. The van der Waals surface area contributed by atoms with Crippen LogP contribution in [0.15, 0.2) is 36.5 Å². The van der Waals surface area contributed by atoms with Crippen molar-refractivity contribution in [3.05, 3.63) is 51.6 Å². The summed E-state index contributed by atoms with van der Waals surface area (Å²) in [4.78, 5) is 30.5. The highest BCUT2D eigenvalue weighted by atomic mass is 127. The minimum Gasteiger partial charge on any atom is -0.444 e. The van der Waals surface area contributed by atoms with E-state index in [1.165, 1.54) is 24.3 Å². The molecular weight excluding hydrogens is 680 g/mol. The number of hydrogen-bond donors (Lipinski definition) is 3. The summed E-state index contributed by atoms with van der Waals surface area (Å²) in [6.07, 6.45) is 4.37. The number of rotatable bonds is 10. The summed E-state index contributed by atoms with van der Waals surface area (Å²) in [6, 6.07) is 8.90. The number of nitrogens with zero attached hydrogens (tertiary/aromatic N) is 2. The van der Waals surface area contributed by atoms with Gasteiger partial charge in [0, 0.05) is 44.0 Å². The van der Waals surface area contributed by atoms with Gasteiger partial charge in [-0.25, -0.2) is 14.2 Å². The first-order valence-electron chi connectivity index (χ1n) is 14.8. The average molecular weight is 724 g/mol. The van der Waals surface area contributed by atoms with Crippen LogP contribution in [0.3, 0.4) is 0 Å². The molecule has 1 aromatic carbocycles. The molecule has 1 aliphatic carbocycles. The number of aromatic nitrogens is 2. The Morgan fingerprint density at radius 2 is 1.74 bits per heavy atom. The number of nitrogens with one attached hydrogen (secondary N) is 3. The zero-order valence-electron chi connectivity index (χ0n) is 25.9. The van der Waals surface area contributed by atoms with Crippen LogP contribution >= 0.6 is 22.6 Å². The van der Waals surface area contributed by atoms with Gasteiger partial charge >= 0.3 is 6.09 Å². The molecule has 1 aliphatic rings. The number of halogens is 2. The summed E-state index contributed by atoms with van der Waals surface area (Å²) in [6.45, 7) is 13.6. The van der Waals surface area contributed by atoms with Crippen LogP contribution in [0.2, 0.25) is 25.7 Å². The van der Waals surface area contributed by atoms with Crippen molar-refractivity contribution in [2.45, 2.75) is 96.6 Å². The first-order valence-corrected chi connectivity index (χ1v) is 19.6. The Morgan fingerprint density at radius 3 is 2.37 bits per heavy atom. The Hall–Kier alpha value is -2.71. The SMILES string of the molecule is CC(C)(C)OC(=O)NC1CCC(Nc2c(C(=O)Nc3ccc(F)cc3)cnc3c2cc(I)n3COCC[Si](C)(C)C)CC1. The molecule has 0 aliphatic heterocycles. The molecule has 2 heterocycles. The number of alkyl carbamates (subject to hydrolysis) is 1. The highest BCUT2D eigenvalue weighted by Gasteiger charge is 2.27. The fourth-order valence-corrected chi connectivity index (χ4v) is 6.38. The van der Waals surface area contributed by atoms with Crippen molar-refractivity contribution in [2.24, 2.45) is 0 Å². The number of ether oxygens (including phenoxy) is 2. The lowest BCUT2D eigenvalue weighted by Gasteiger charge is -2.31. The van der Waals surface area contributed by atoms with Gasteiger partial charge in [0.05, 0.1) is 15.0 Å². The van der Waals surface area contributed by atoms with Crippen LogP contribution in [0.4, 0.5) is 20.6 Å². The smallest absolute Gasteiger partial charge is 0.407 e. The molecule has 0 unspecified atom stereocenters. The molecule has 3 aromatic rings. The number of hydrogen-bond acceptors (Lipinski definition) is 6. The molecule has 12 heteroatoms. The average Bonchev–Trinajstić information content (AvgIpc) is 3.23. The van der Waals surface area contributed by atoms with Gasteiger partial charge in [0.25, 0.3) is 5.91 Å². The number of carbonyl (C=O) groups is 2. The standard InChI is InChI=1S/C31H43FIN5O4Si/c1-31(2,3)42-30(40)37-23-13-11-21(12-14-23)35-27-24-17-26(33)38(19-41-15-16-43(4,5)6)28(24)34-18-25(27)29(39)36-22-9-7-20(32)8-10-22/h7-10,17-18,21,23H,11-16,19H2,1-6H3,(H,34,35)(H,36,39)(H,37,40). The Labute approximate surface area is 267 Å². The van der Waals surface area contributed by atoms with E-state index < -0.39 is 19.8 Å². The number of carbonyl (C=O) groups excluding carboxylic acids is 2. The van der Waals surface area contributed by atoms with Gasteiger partial charge in [-0.2, -0.15) is 0 Å². The maximum Gasteiger partial charge on any atom is 0.407 e. The van der Waals surface area contributed by atoms with E-state index in [1.807, 2.05) is 31.4 Å². The molecule has 1 fully saturated rings. The lowest BCUT2D eigenvalue weighted by molar-refractivity contribution is 0.0492. The van der Waals surface area contributed by atoms with Crippen LogP contribution in [-0.2, 0) is 16.2 Å². The minimum atomic E-state index is -1.22. The fourth-order valence-electron chi connectivity index (χ4n) is 4.94. The van der Waals surface area contributed by atoms with Crippen molar-refractivity contribution in [1.82, 2.24) is 14.9 Å². The summed E-state index contributed by atoms with van der Waals surface area (Å²) in [5.41, 5.74) is 1.78. The van der Waals surface area contributed by atoms with E-state index in [0.717, 1.165) is 46.5 Å². The van der Waals surface area contributed by atoms with Crippen LogP contribution in [0.1, 0.15) is 56.8 Å². The molecule has 9 nitrogen and oxygen atoms in total. The third-order valence-electron chi connectivity index (χ3n) is 7.23. The van der Waals surface area contributed by atoms with Gasteiger partial charge in [0.15, 0.2) is 0 Å². The molecule has 4 rings (SSSR count). The largest absolute Gasteiger partial charge is 0.444 e. The fraction of sp³-hybridized carbons (Fsp3) is 0.516. The van der Waals surface area contributed by atoms with E-state index in [0.29, 0.717) is 30.3 Å². The minimum absolute atomic E-state index is 0.0296. The molecular formula is C31H43FIN5O4Si. The molecule has 1 saturated carbocycles. The lowest BCUT2D eigenvalue weighted by Crippen LogP contribution is -2.42. The van der Waals surface area contributed by atoms with Gasteiger partial charge < -0.3 is 25.4 Å². The molecule has 0 atom stereocenters. The molecule has 0 bridgehead atoms. The first-order chi connectivity index (χ1) is 20.2. The van der Waals surface area contributed by atoms with E-state index in [1.54, 1.807) is 6.20 Å². The highest BCUT2D eigenvalue weighted by molar-refractivity contribution is 14.1. The number of pyridine rings is 1. The maximum atomic E-state index is 13.5. The Kier molecular flexibility index (Phi) is 10.8. The van der Waals surface area contributed by atoms with E-state index in [2.05, 4.69) is 58.2 Å². The highest BCUT2D eigenvalue weighted by Crippen LogP contribution is 2.33. The Morgan fingerprint density at radius 1 is 1.09 bits per heavy atom. The normalized spacial score (nSPS) is 17.5. The Bertz CT molecular complexity index is 1430. The quantitative estimate of drug-likeness (QED) is 0.113. The predicted molar refractivity (Wildman–Crippen MR) is 180 cm³/mol. The molecule has 0 radical (unpaired) electrons. The maximum absolute atomic E-state index is 13.5. The summed E-state index contributed by atoms with van der Waals surface area (Å²) < 4.78 is 27.9. The van der Waals surface area contributed by atoms with Crippen molar-refractivity contribution in [2.75, 3.05) is 17.2 Å². The second kappa shape index (κ2) is 13.9. The van der Waals surface area contributed by atoms with Gasteiger partial charge in [0.1, 0.15) is 23.8 Å². The Balaban J connectivity index is 1.55. The number of fused-ring (bicyclic) bond motifs is 1. The van der Waals surface area contributed by atoms with Gasteiger partial charge in [-0.3, -0.25) is 9.36 Å². The van der Waals surface area contributed by atoms with Gasteiger partial charge in [-0.15, -0.1) is 0 Å². The molecule has 234 valence electrons. The lowest BCUT2D eigenvalue weighted by atomic mass is 9.91. The van der Waals surface area contributed by atoms with Crippen LogP contribution < -0.4 is 16.0 Å². The van der Waals surface area contributed by atoms with Crippen LogP contribution in [-0.4, -0.2) is 53.9 Å². The van der Waals surface area contributed by atoms with Crippen LogP contribution in [0.5, 0.6) is 0 Å². The third-order valence-corrected chi connectivity index (χ3v) is 9.83. The molecule has 3 N–H and O–H groups in total. The van der Waals surface area contributed by atoms with Gasteiger partial charge in [0.2, 0.25) is 0 Å². The van der Waals surface area contributed by atoms with E-state index >= 15 is 0 Å². The molecule has 2 amide bonds. The zero-order chi connectivity index (χ0) is 31.4. The van der Waals surface area contributed by atoms with Crippen molar-refractivity contribution in [3.8, 4) is 0 Å². The van der Waals surface area contributed by atoms with Crippen molar-refractivity contribution in [3.63, 3.8) is 0 Å². The van der Waals surface area contributed by atoms with Crippen molar-refractivity contribution < 1.29 is 23.5 Å². The van der Waals surface area contributed by atoms with Crippen LogP contribution in [0, 0.1) is 9.52 Å². The molecule has 0 saturated heterocycles. The third kappa shape index (κ3) is 9.64. The first kappa shape index (κ1) is 33.2. The second-order valence-corrected chi connectivity index (χ2v) is 20.1. The molecule has 0 spiro atoms. The molecule has 43 heavy (non-hydrogen) atoms. The second-order valence-electron chi connectivity index (χ2n) is 13.3. The summed E-state index contributed by atoms with van der Waals surface area (Å²) in [5.74, 6) is -0.707. The number of amides is 2. The van der Waals surface area contributed by atoms with Crippen LogP contribution in [0.25, 0.3) is 11.0 Å². The summed E-state index contributed by atoms with van der Waals surface area (Å²) in [7, 11) is -1.22. The van der Waals surface area contributed by atoms with Crippen molar-refractivity contribution in [1.29, 1.82) is 0 Å².